The molecule has 3 rings (SSSR count). The van der Waals surface area contributed by atoms with Gasteiger partial charge in [-0.25, -0.2) is 0 Å². The molecule has 0 radical (unpaired) electrons. The number of nitrogens with one attached hydrogen (secondary N) is 1. The molecule has 1 amide bonds. The van der Waals surface area contributed by atoms with Gasteiger partial charge in [-0.2, -0.15) is 0 Å². The second kappa shape index (κ2) is 9.91. The molecule has 1 saturated carbocycles. The molecule has 2 aromatic rings. The lowest BCUT2D eigenvalue weighted by Gasteiger charge is -2.21. The Hall–Kier alpha value is -2.42. The van der Waals surface area contributed by atoms with Crippen molar-refractivity contribution in [1.29, 1.82) is 0 Å². The summed E-state index contributed by atoms with van der Waals surface area (Å²) in [6.45, 7) is 6.02. The number of aryl methyl sites for hydroxylation is 1. The molecule has 1 fully saturated rings. The molecule has 0 spiro atoms. The van der Waals surface area contributed by atoms with Crippen LogP contribution in [0.5, 0.6) is 0 Å². The molecule has 1 aliphatic carbocycles. The van der Waals surface area contributed by atoms with E-state index < -0.39 is 0 Å². The van der Waals surface area contributed by atoms with Crippen molar-refractivity contribution in [3.8, 4) is 0 Å². The van der Waals surface area contributed by atoms with Gasteiger partial charge in [0.05, 0.1) is 0 Å². The van der Waals surface area contributed by atoms with E-state index in [1.807, 2.05) is 69.3 Å². The first kappa shape index (κ1) is 19.9. The minimum Gasteiger partial charge on any atom is -0.322 e. The highest BCUT2D eigenvalue weighted by atomic mass is 16.1. The summed E-state index contributed by atoms with van der Waals surface area (Å²) in [6, 6.07) is 15.5. The summed E-state index contributed by atoms with van der Waals surface area (Å²) in [5.41, 5.74) is 3.70. The molecule has 1 N–H and O–H groups in total. The highest BCUT2D eigenvalue weighted by molar-refractivity contribution is 6.05. The average molecular weight is 354 g/mol. The van der Waals surface area contributed by atoms with Crippen LogP contribution in [-0.4, -0.2) is 11.7 Å². The number of benzene rings is 2. The third-order valence-electron chi connectivity index (χ3n) is 4.66. The number of carbonyl (C=O) groups is 2. The normalized spacial score (nSPS) is 16.4. The zero-order valence-corrected chi connectivity index (χ0v) is 16.0. The highest BCUT2D eigenvalue weighted by Gasteiger charge is 2.21. The van der Waals surface area contributed by atoms with E-state index in [9.17, 15) is 9.59 Å². The molecule has 1 aliphatic rings. The van der Waals surface area contributed by atoms with Crippen molar-refractivity contribution < 1.29 is 11.0 Å². The number of carbonyl (C=O) groups excluding carboxylic acids is 2. The first-order valence-corrected chi connectivity index (χ1v) is 9.59. The number of rotatable bonds is 4. The molecule has 1 atom stereocenters. The van der Waals surface area contributed by atoms with Gasteiger partial charge in [0.2, 0.25) is 0 Å². The fraction of sp³-hybridized carbons (Fsp3) is 0.391. The first-order chi connectivity index (χ1) is 12.6. The average Bonchev–Trinajstić information content (AvgIpc) is 2.66. The van der Waals surface area contributed by atoms with Crippen LogP contribution in [0.3, 0.4) is 0 Å². The number of hydrogen-bond donors (Lipinski definition) is 1. The van der Waals surface area contributed by atoms with Gasteiger partial charge in [0.15, 0.2) is 0 Å². The van der Waals surface area contributed by atoms with Gasteiger partial charge >= 0.3 is 0 Å². The second-order valence-corrected chi connectivity index (χ2v) is 6.68. The van der Waals surface area contributed by atoms with Gasteiger partial charge in [-0.3, -0.25) is 9.59 Å². The zero-order chi connectivity index (χ0) is 18.9. The Bertz CT molecular complexity index is 740. The summed E-state index contributed by atoms with van der Waals surface area (Å²) in [5.74, 6) is 0.629. The minimum absolute atomic E-state index is 0. The third-order valence-corrected chi connectivity index (χ3v) is 4.66. The maximum absolute atomic E-state index is 12.6. The lowest BCUT2D eigenvalue weighted by molar-refractivity contribution is -0.121. The monoisotopic (exact) mass is 353 g/mol. The molecule has 0 aliphatic heterocycles. The van der Waals surface area contributed by atoms with E-state index in [0.29, 0.717) is 30.1 Å². The van der Waals surface area contributed by atoms with Gasteiger partial charge in [-0.15, -0.1) is 0 Å². The van der Waals surface area contributed by atoms with Gasteiger partial charge in [-0.05, 0) is 55.9 Å². The Balaban J connectivity index is 0.00000118. The number of ketones is 1. The molecular weight excluding hydrogens is 322 g/mol. The van der Waals surface area contributed by atoms with Gasteiger partial charge in [0.1, 0.15) is 5.78 Å². The van der Waals surface area contributed by atoms with Crippen LogP contribution in [0.15, 0.2) is 48.5 Å². The van der Waals surface area contributed by atoms with E-state index in [-0.39, 0.29) is 7.33 Å². The maximum Gasteiger partial charge on any atom is 0.255 e. The molecule has 2 aromatic carbocycles. The van der Waals surface area contributed by atoms with Crippen LogP contribution in [0.2, 0.25) is 0 Å². The second-order valence-electron chi connectivity index (χ2n) is 6.68. The summed E-state index contributed by atoms with van der Waals surface area (Å²) in [7, 11) is 0. The fourth-order valence-corrected chi connectivity index (χ4v) is 3.35. The summed E-state index contributed by atoms with van der Waals surface area (Å²) in [5, 5.41) is 2.97. The molecular formula is C23H31NO2. The molecule has 1 unspecified atom stereocenters. The van der Waals surface area contributed by atoms with Crippen molar-refractivity contribution in [3.05, 3.63) is 65.2 Å². The molecule has 140 valence electrons. The standard InChI is InChI=1S/C21H23NO2.C2H6.H2/c1-15-9-11-18(12-10-15)22-21(24)20-8-3-2-6-17(20)13-16-5-4-7-19(23)14-16;1-2;/h2-3,6,8-12,16H,4-5,7,13-14H2,1H3,(H,22,24);1-2H3;1H. The molecule has 3 nitrogen and oxygen atoms in total. The molecule has 0 heterocycles. The Kier molecular flexibility index (Phi) is 7.58. The van der Waals surface area contributed by atoms with E-state index in [4.69, 9.17) is 0 Å². The van der Waals surface area contributed by atoms with Crippen LogP contribution in [-0.2, 0) is 11.2 Å². The van der Waals surface area contributed by atoms with E-state index >= 15 is 0 Å². The summed E-state index contributed by atoms with van der Waals surface area (Å²) in [4.78, 5) is 24.3. The van der Waals surface area contributed by atoms with Gasteiger partial charge in [-0.1, -0.05) is 49.7 Å². The van der Waals surface area contributed by atoms with E-state index in [2.05, 4.69) is 5.32 Å². The van der Waals surface area contributed by atoms with Crippen LogP contribution in [0, 0.1) is 12.8 Å². The Morgan fingerprint density at radius 2 is 1.81 bits per heavy atom. The largest absolute Gasteiger partial charge is 0.322 e. The molecule has 0 aromatic heterocycles. The molecule has 3 heteroatoms. The van der Waals surface area contributed by atoms with Crippen molar-refractivity contribution in [3.63, 3.8) is 0 Å². The number of Topliss-reactive ketones (excluding diaryl/α,β-unsaturated/α-hetero) is 1. The number of anilines is 1. The maximum atomic E-state index is 12.6. The Morgan fingerprint density at radius 3 is 2.50 bits per heavy atom. The Labute approximate surface area is 158 Å². The van der Waals surface area contributed by atoms with Crippen molar-refractivity contribution in [2.75, 3.05) is 5.32 Å². The van der Waals surface area contributed by atoms with Crippen LogP contribution in [0.4, 0.5) is 5.69 Å². The smallest absolute Gasteiger partial charge is 0.255 e. The van der Waals surface area contributed by atoms with E-state index in [1.54, 1.807) is 0 Å². The van der Waals surface area contributed by atoms with Crippen LogP contribution in [0.25, 0.3) is 0 Å². The van der Waals surface area contributed by atoms with Crippen LogP contribution < -0.4 is 5.32 Å². The van der Waals surface area contributed by atoms with E-state index in [1.165, 1.54) is 0 Å². The lowest BCUT2D eigenvalue weighted by atomic mass is 9.83. The predicted molar refractivity (Wildman–Crippen MR) is 110 cm³/mol. The highest BCUT2D eigenvalue weighted by Crippen LogP contribution is 2.26. The molecule has 0 bridgehead atoms. The van der Waals surface area contributed by atoms with Gasteiger partial charge in [0.25, 0.3) is 5.91 Å². The first-order valence-electron chi connectivity index (χ1n) is 9.59. The zero-order valence-electron chi connectivity index (χ0n) is 16.0. The van der Waals surface area contributed by atoms with Crippen LogP contribution >= 0.6 is 0 Å². The third kappa shape index (κ3) is 5.55. The fourth-order valence-electron chi connectivity index (χ4n) is 3.35. The van der Waals surface area contributed by atoms with Crippen molar-refractivity contribution in [2.24, 2.45) is 5.92 Å². The SMILES string of the molecule is CC.Cc1ccc(NC(=O)c2ccccc2CC2CCCC(=O)C2)cc1.[HH]. The quantitative estimate of drug-likeness (QED) is 0.752. The van der Waals surface area contributed by atoms with Gasteiger partial charge in [0, 0.05) is 25.5 Å². The molecule has 26 heavy (non-hydrogen) atoms. The summed E-state index contributed by atoms with van der Waals surface area (Å²) in [6.07, 6.45) is 4.20. The summed E-state index contributed by atoms with van der Waals surface area (Å²) < 4.78 is 0. The molecule has 0 saturated heterocycles. The van der Waals surface area contributed by atoms with Crippen molar-refractivity contribution in [2.45, 2.75) is 52.9 Å². The van der Waals surface area contributed by atoms with E-state index in [0.717, 1.165) is 36.1 Å². The summed E-state index contributed by atoms with van der Waals surface area (Å²) >= 11 is 0. The van der Waals surface area contributed by atoms with Crippen molar-refractivity contribution >= 4 is 17.4 Å². The van der Waals surface area contributed by atoms with Crippen molar-refractivity contribution in [1.82, 2.24) is 0 Å². The van der Waals surface area contributed by atoms with Gasteiger partial charge < -0.3 is 5.32 Å². The predicted octanol–water partition coefficient (Wildman–Crippen LogP) is 5.82. The minimum atomic E-state index is -0.0865. The van der Waals surface area contributed by atoms with Crippen LogP contribution in [0.1, 0.15) is 62.4 Å². The topological polar surface area (TPSA) is 46.2 Å². The number of hydrogen-bond acceptors (Lipinski definition) is 2. The number of amides is 1. The Morgan fingerprint density at radius 1 is 1.12 bits per heavy atom. The lowest BCUT2D eigenvalue weighted by Crippen LogP contribution is -2.19.